The van der Waals surface area contributed by atoms with Crippen molar-refractivity contribution in [1.82, 2.24) is 5.32 Å². The van der Waals surface area contributed by atoms with Crippen LogP contribution in [-0.2, 0) is 4.79 Å². The van der Waals surface area contributed by atoms with E-state index in [9.17, 15) is 4.79 Å². The third-order valence-electron chi connectivity index (χ3n) is 2.51. The summed E-state index contributed by atoms with van der Waals surface area (Å²) in [4.78, 5) is 13.6. The summed E-state index contributed by atoms with van der Waals surface area (Å²) in [6.45, 7) is 2.59. The molecular weight excluding hydrogens is 226 g/mol. The Morgan fingerprint density at radius 1 is 1.44 bits per heavy atom. The van der Waals surface area contributed by atoms with Gasteiger partial charge in [-0.15, -0.1) is 6.42 Å². The van der Waals surface area contributed by atoms with Crippen molar-refractivity contribution < 1.29 is 4.79 Å². The number of carbonyl (C=O) groups excluding carboxylic acids is 1. The molecule has 1 amide bonds. The van der Waals surface area contributed by atoms with Gasteiger partial charge < -0.3 is 10.2 Å². The summed E-state index contributed by atoms with van der Waals surface area (Å²) in [5, 5.41) is 5.69. The number of rotatable bonds is 5. The molecule has 4 nitrogen and oxygen atoms in total. The molecule has 0 aliphatic rings. The number of hydrogen-bond donors (Lipinski definition) is 2. The lowest BCUT2D eigenvalue weighted by Crippen LogP contribution is -2.28. The van der Waals surface area contributed by atoms with Crippen LogP contribution in [0.15, 0.2) is 18.2 Å². The number of nitrogens with zero attached hydrogens (tertiary/aromatic N) is 1. The van der Waals surface area contributed by atoms with Gasteiger partial charge in [0.15, 0.2) is 0 Å². The van der Waals surface area contributed by atoms with Crippen LogP contribution in [0.1, 0.15) is 5.56 Å². The number of terminal acetylenes is 1. The summed E-state index contributed by atoms with van der Waals surface area (Å²) in [5.41, 5.74) is 2.97. The van der Waals surface area contributed by atoms with Crippen molar-refractivity contribution in [2.45, 2.75) is 6.92 Å². The van der Waals surface area contributed by atoms with Crippen LogP contribution >= 0.6 is 0 Å². The molecule has 2 N–H and O–H groups in total. The maximum absolute atomic E-state index is 11.6. The van der Waals surface area contributed by atoms with E-state index in [2.05, 4.69) is 16.6 Å². The standard InChI is InChI=1S/C14H19N3O/c1-5-8-15-10-14(18)16-13-7-6-12(17(3)4)9-11(13)2/h1,6-7,9,15H,8,10H2,2-4H3,(H,16,18). The topological polar surface area (TPSA) is 44.4 Å². The normalized spacial score (nSPS) is 9.67. The highest BCUT2D eigenvalue weighted by atomic mass is 16.1. The Hall–Kier alpha value is -1.99. The van der Waals surface area contributed by atoms with Crippen molar-refractivity contribution in [1.29, 1.82) is 0 Å². The molecule has 0 radical (unpaired) electrons. The molecular formula is C14H19N3O. The molecule has 1 aromatic carbocycles. The van der Waals surface area contributed by atoms with Crippen molar-refractivity contribution in [3.63, 3.8) is 0 Å². The molecule has 1 aromatic rings. The lowest BCUT2D eigenvalue weighted by atomic mass is 10.1. The summed E-state index contributed by atoms with van der Waals surface area (Å²) in [6, 6.07) is 5.91. The second kappa shape index (κ2) is 6.67. The Morgan fingerprint density at radius 2 is 2.17 bits per heavy atom. The minimum absolute atomic E-state index is 0.0917. The van der Waals surface area contributed by atoms with Gasteiger partial charge >= 0.3 is 0 Å². The summed E-state index contributed by atoms with van der Waals surface area (Å²) >= 11 is 0. The van der Waals surface area contributed by atoms with Crippen LogP contribution in [0.5, 0.6) is 0 Å². The Kier molecular flexibility index (Phi) is 5.22. The molecule has 1 rings (SSSR count). The molecule has 18 heavy (non-hydrogen) atoms. The number of anilines is 2. The first kappa shape index (κ1) is 14.1. The van der Waals surface area contributed by atoms with E-state index in [-0.39, 0.29) is 12.5 Å². The quantitative estimate of drug-likeness (QED) is 0.605. The number of benzene rings is 1. The molecule has 0 aliphatic heterocycles. The Labute approximate surface area is 108 Å². The van der Waals surface area contributed by atoms with E-state index in [1.54, 1.807) is 0 Å². The monoisotopic (exact) mass is 245 g/mol. The zero-order valence-electron chi connectivity index (χ0n) is 11.1. The van der Waals surface area contributed by atoms with E-state index in [4.69, 9.17) is 6.42 Å². The first-order chi connectivity index (χ1) is 8.54. The number of nitrogens with one attached hydrogen (secondary N) is 2. The van der Waals surface area contributed by atoms with Gasteiger partial charge in [0.2, 0.25) is 5.91 Å². The molecule has 0 aliphatic carbocycles. The maximum Gasteiger partial charge on any atom is 0.238 e. The molecule has 0 aromatic heterocycles. The molecule has 96 valence electrons. The lowest BCUT2D eigenvalue weighted by Gasteiger charge is -2.15. The maximum atomic E-state index is 11.6. The van der Waals surface area contributed by atoms with E-state index in [1.165, 1.54) is 0 Å². The van der Waals surface area contributed by atoms with Crippen LogP contribution in [0, 0.1) is 19.3 Å². The van der Waals surface area contributed by atoms with Gasteiger partial charge in [0, 0.05) is 25.5 Å². The fourth-order valence-electron chi connectivity index (χ4n) is 1.51. The highest BCUT2D eigenvalue weighted by Crippen LogP contribution is 2.21. The zero-order valence-corrected chi connectivity index (χ0v) is 11.1. The number of hydrogen-bond acceptors (Lipinski definition) is 3. The molecule has 0 spiro atoms. The molecule has 0 atom stereocenters. The molecule has 0 saturated heterocycles. The van der Waals surface area contributed by atoms with Gasteiger partial charge in [-0.2, -0.15) is 0 Å². The van der Waals surface area contributed by atoms with E-state index < -0.39 is 0 Å². The van der Waals surface area contributed by atoms with Crippen molar-refractivity contribution in [3.05, 3.63) is 23.8 Å². The van der Waals surface area contributed by atoms with Gasteiger partial charge in [0.1, 0.15) is 0 Å². The highest BCUT2D eigenvalue weighted by molar-refractivity contribution is 5.93. The summed E-state index contributed by atoms with van der Waals surface area (Å²) in [6.07, 6.45) is 5.09. The summed E-state index contributed by atoms with van der Waals surface area (Å²) in [7, 11) is 3.97. The first-order valence-corrected chi connectivity index (χ1v) is 5.76. The van der Waals surface area contributed by atoms with Crippen LogP contribution < -0.4 is 15.5 Å². The predicted molar refractivity (Wildman–Crippen MR) is 75.8 cm³/mol. The van der Waals surface area contributed by atoms with Gasteiger partial charge in [-0.25, -0.2) is 0 Å². The van der Waals surface area contributed by atoms with Crippen molar-refractivity contribution in [2.75, 3.05) is 37.4 Å². The SMILES string of the molecule is C#CCNCC(=O)Nc1ccc(N(C)C)cc1C. The average molecular weight is 245 g/mol. The third kappa shape index (κ3) is 4.11. The first-order valence-electron chi connectivity index (χ1n) is 5.76. The zero-order chi connectivity index (χ0) is 13.5. The smallest absolute Gasteiger partial charge is 0.238 e. The molecule has 0 heterocycles. The van der Waals surface area contributed by atoms with Crippen LogP contribution in [0.25, 0.3) is 0 Å². The van der Waals surface area contributed by atoms with E-state index in [0.717, 1.165) is 16.9 Å². The van der Waals surface area contributed by atoms with Crippen molar-refractivity contribution in [2.24, 2.45) is 0 Å². The second-order valence-electron chi connectivity index (χ2n) is 4.25. The molecule has 0 bridgehead atoms. The van der Waals surface area contributed by atoms with Gasteiger partial charge in [-0.1, -0.05) is 5.92 Å². The van der Waals surface area contributed by atoms with Gasteiger partial charge in [0.05, 0.1) is 13.1 Å². The van der Waals surface area contributed by atoms with E-state index >= 15 is 0 Å². The van der Waals surface area contributed by atoms with Gasteiger partial charge in [-0.3, -0.25) is 10.1 Å². The molecule has 0 fully saturated rings. The molecule has 0 unspecified atom stereocenters. The van der Waals surface area contributed by atoms with E-state index in [1.807, 2.05) is 44.1 Å². The van der Waals surface area contributed by atoms with Crippen LogP contribution in [0.3, 0.4) is 0 Å². The van der Waals surface area contributed by atoms with E-state index in [0.29, 0.717) is 6.54 Å². The molecule has 0 saturated carbocycles. The highest BCUT2D eigenvalue weighted by Gasteiger charge is 2.05. The summed E-state index contributed by atoms with van der Waals surface area (Å²) < 4.78 is 0. The summed E-state index contributed by atoms with van der Waals surface area (Å²) in [5.74, 6) is 2.33. The second-order valence-corrected chi connectivity index (χ2v) is 4.25. The minimum Gasteiger partial charge on any atom is -0.378 e. The predicted octanol–water partition coefficient (Wildman–Crippen LogP) is 1.22. The largest absolute Gasteiger partial charge is 0.378 e. The molecule has 4 heteroatoms. The van der Waals surface area contributed by atoms with Crippen molar-refractivity contribution in [3.8, 4) is 12.3 Å². The third-order valence-corrected chi connectivity index (χ3v) is 2.51. The lowest BCUT2D eigenvalue weighted by molar-refractivity contribution is -0.115. The fourth-order valence-corrected chi connectivity index (χ4v) is 1.51. The van der Waals surface area contributed by atoms with Crippen LogP contribution in [-0.4, -0.2) is 33.1 Å². The van der Waals surface area contributed by atoms with Gasteiger partial charge in [0.25, 0.3) is 0 Å². The fraction of sp³-hybridized carbons (Fsp3) is 0.357. The number of carbonyl (C=O) groups is 1. The number of aryl methyl sites for hydroxylation is 1. The van der Waals surface area contributed by atoms with Crippen LogP contribution in [0.4, 0.5) is 11.4 Å². The minimum atomic E-state index is -0.0917. The van der Waals surface area contributed by atoms with Crippen LogP contribution in [0.2, 0.25) is 0 Å². The Bertz CT molecular complexity index is 461. The van der Waals surface area contributed by atoms with Gasteiger partial charge in [-0.05, 0) is 30.7 Å². The number of amides is 1. The van der Waals surface area contributed by atoms with Crippen molar-refractivity contribution >= 4 is 17.3 Å². The Balaban J connectivity index is 2.63. The Morgan fingerprint density at radius 3 is 2.72 bits per heavy atom. The average Bonchev–Trinajstić information content (AvgIpc) is 2.32.